The molecular formula is C25H32N2O2S2. The van der Waals surface area contributed by atoms with Gasteiger partial charge in [-0.25, -0.2) is 0 Å². The normalized spacial score (nSPS) is 11.1. The minimum Gasteiger partial charge on any atom is -0.507 e. The lowest BCUT2D eigenvalue weighted by Gasteiger charge is -2.13. The predicted octanol–water partition coefficient (Wildman–Crippen LogP) is 5.77. The molecule has 2 N–H and O–H groups in total. The Kier molecular flexibility index (Phi) is 8.72. The maximum atomic E-state index is 9.73. The fraction of sp³-hybridized carbons (Fsp3) is 0.360. The molecule has 2 aromatic carbocycles. The maximum Gasteiger partial charge on any atom is 0.127 e. The van der Waals surface area contributed by atoms with E-state index < -0.39 is 0 Å². The second-order valence-corrected chi connectivity index (χ2v) is 9.33. The number of phenolic OH excluding ortho intramolecular Hbond substituents is 1. The third-order valence-electron chi connectivity index (χ3n) is 5.46. The van der Waals surface area contributed by atoms with Gasteiger partial charge in [0.1, 0.15) is 11.5 Å². The first-order valence-electron chi connectivity index (χ1n) is 10.6. The highest BCUT2D eigenvalue weighted by Gasteiger charge is 2.10. The first-order valence-corrected chi connectivity index (χ1v) is 12.4. The molecule has 0 aliphatic carbocycles. The van der Waals surface area contributed by atoms with Crippen molar-refractivity contribution in [3.8, 4) is 11.5 Å². The minimum absolute atomic E-state index is 0.398. The molecule has 0 spiro atoms. The number of nitrogens with zero attached hydrogens (tertiary/aromatic N) is 1. The van der Waals surface area contributed by atoms with Crippen molar-refractivity contribution >= 4 is 42.8 Å². The Morgan fingerprint density at radius 2 is 1.61 bits per heavy atom. The van der Waals surface area contributed by atoms with Crippen molar-refractivity contribution in [2.45, 2.75) is 19.8 Å². The lowest BCUT2D eigenvalue weighted by molar-refractivity contribution is 0.358. The Morgan fingerprint density at radius 3 is 2.26 bits per heavy atom. The fourth-order valence-corrected chi connectivity index (χ4v) is 5.55. The first-order chi connectivity index (χ1) is 15.1. The predicted molar refractivity (Wildman–Crippen MR) is 136 cm³/mol. The second-order valence-electron chi connectivity index (χ2n) is 7.51. The Morgan fingerprint density at radius 1 is 0.968 bits per heavy atom. The van der Waals surface area contributed by atoms with E-state index in [-0.39, 0.29) is 0 Å². The zero-order chi connectivity index (χ0) is 22.2. The van der Waals surface area contributed by atoms with Crippen LogP contribution in [0.1, 0.15) is 18.1 Å². The molecule has 0 atom stereocenters. The highest BCUT2D eigenvalue weighted by Crippen LogP contribution is 2.34. The van der Waals surface area contributed by atoms with Crippen LogP contribution in [0.15, 0.2) is 47.2 Å². The van der Waals surface area contributed by atoms with Crippen molar-refractivity contribution in [1.29, 1.82) is 0 Å². The average molecular weight is 457 g/mol. The van der Waals surface area contributed by atoms with Crippen LogP contribution >= 0.6 is 22.7 Å². The van der Waals surface area contributed by atoms with E-state index in [2.05, 4.69) is 47.1 Å². The largest absolute Gasteiger partial charge is 0.507 e. The van der Waals surface area contributed by atoms with E-state index in [0.717, 1.165) is 48.3 Å². The summed E-state index contributed by atoms with van der Waals surface area (Å²) in [5.41, 5.74) is 2.64. The molecule has 4 nitrogen and oxygen atoms in total. The number of likely N-dealkylation sites (N-methyl/N-ethyl adjacent to an activating group) is 2. The fourth-order valence-electron chi connectivity index (χ4n) is 3.52. The lowest BCUT2D eigenvalue weighted by atomic mass is 10.1. The number of nitrogens with one attached hydrogen (secondary N) is 1. The molecule has 0 aliphatic rings. The number of hydrogen-bond donors (Lipinski definition) is 2. The number of ether oxygens (including phenoxy) is 1. The van der Waals surface area contributed by atoms with Gasteiger partial charge in [0.25, 0.3) is 0 Å². The molecule has 2 aromatic heterocycles. The molecule has 0 aliphatic heterocycles. The van der Waals surface area contributed by atoms with Gasteiger partial charge < -0.3 is 20.1 Å². The van der Waals surface area contributed by atoms with Gasteiger partial charge in [-0.2, -0.15) is 0 Å². The molecule has 0 unspecified atom stereocenters. The Hall–Kier alpha value is -2.12. The molecule has 166 valence electrons. The number of thiophene rings is 2. The van der Waals surface area contributed by atoms with Gasteiger partial charge in [-0.1, -0.05) is 19.1 Å². The van der Waals surface area contributed by atoms with Crippen LogP contribution in [0, 0.1) is 0 Å². The standard InChI is InChI=1S/C14H19NOS.C11H13NOS/c1-4-15(2)9-8-11-10-17-13-7-5-6-12(16-3)14(11)13;1-12-6-5-8-7-14-10-4-2-3-9(13)11(8)10/h5-7,10H,4,8-9H2,1-3H3;2-4,7,12-13H,5-6H2,1H3. The molecule has 2 heterocycles. The zero-order valence-corrected chi connectivity index (χ0v) is 20.4. The van der Waals surface area contributed by atoms with Gasteiger partial charge in [0.2, 0.25) is 0 Å². The Labute approximate surface area is 193 Å². The van der Waals surface area contributed by atoms with Crippen molar-refractivity contribution in [2.24, 2.45) is 0 Å². The van der Waals surface area contributed by atoms with Gasteiger partial charge in [0.05, 0.1) is 7.11 Å². The molecule has 0 bridgehead atoms. The second kappa shape index (κ2) is 11.5. The smallest absolute Gasteiger partial charge is 0.127 e. The molecular weight excluding hydrogens is 424 g/mol. The molecule has 0 amide bonds. The quantitative estimate of drug-likeness (QED) is 0.353. The van der Waals surface area contributed by atoms with Crippen molar-refractivity contribution < 1.29 is 9.84 Å². The molecule has 0 saturated carbocycles. The van der Waals surface area contributed by atoms with E-state index in [9.17, 15) is 5.11 Å². The monoisotopic (exact) mass is 456 g/mol. The molecule has 0 saturated heterocycles. The van der Waals surface area contributed by atoms with Crippen LogP contribution in [-0.2, 0) is 12.8 Å². The Bertz CT molecular complexity index is 1100. The summed E-state index contributed by atoms with van der Waals surface area (Å²) in [7, 11) is 5.84. The summed E-state index contributed by atoms with van der Waals surface area (Å²) in [6.45, 7) is 5.33. The van der Waals surface area contributed by atoms with Gasteiger partial charge in [-0.05, 0) is 86.2 Å². The van der Waals surface area contributed by atoms with Crippen molar-refractivity contribution in [1.82, 2.24) is 10.2 Å². The summed E-state index contributed by atoms with van der Waals surface area (Å²) in [4.78, 5) is 2.33. The van der Waals surface area contributed by atoms with Gasteiger partial charge in [-0.15, -0.1) is 22.7 Å². The van der Waals surface area contributed by atoms with Gasteiger partial charge in [0, 0.05) is 26.7 Å². The number of hydrogen-bond acceptors (Lipinski definition) is 6. The molecule has 4 aromatic rings. The van der Waals surface area contributed by atoms with Crippen molar-refractivity contribution in [2.75, 3.05) is 40.8 Å². The summed E-state index contributed by atoms with van der Waals surface area (Å²) >= 11 is 3.49. The maximum absolute atomic E-state index is 9.73. The average Bonchev–Trinajstić information content (AvgIpc) is 3.41. The van der Waals surface area contributed by atoms with Crippen LogP contribution in [-0.4, -0.2) is 50.8 Å². The van der Waals surface area contributed by atoms with E-state index in [1.807, 2.05) is 25.2 Å². The van der Waals surface area contributed by atoms with E-state index in [0.29, 0.717) is 5.75 Å². The third-order valence-corrected chi connectivity index (χ3v) is 7.45. The van der Waals surface area contributed by atoms with Crippen LogP contribution in [0.5, 0.6) is 11.5 Å². The van der Waals surface area contributed by atoms with Crippen molar-refractivity contribution in [3.63, 3.8) is 0 Å². The minimum atomic E-state index is 0.398. The molecule has 6 heteroatoms. The van der Waals surface area contributed by atoms with Crippen LogP contribution in [0.4, 0.5) is 0 Å². The van der Waals surface area contributed by atoms with Gasteiger partial charge in [0.15, 0.2) is 0 Å². The number of aromatic hydroxyl groups is 1. The highest BCUT2D eigenvalue weighted by molar-refractivity contribution is 7.17. The summed E-state index contributed by atoms with van der Waals surface area (Å²) in [6, 6.07) is 11.9. The van der Waals surface area contributed by atoms with E-state index in [4.69, 9.17) is 4.74 Å². The van der Waals surface area contributed by atoms with Crippen LogP contribution < -0.4 is 10.1 Å². The molecule has 0 fully saturated rings. The summed E-state index contributed by atoms with van der Waals surface area (Å²) in [5.74, 6) is 1.40. The van der Waals surface area contributed by atoms with Crippen LogP contribution in [0.25, 0.3) is 20.2 Å². The first kappa shape index (κ1) is 23.5. The molecule has 0 radical (unpaired) electrons. The number of rotatable bonds is 8. The number of fused-ring (bicyclic) bond motifs is 2. The van der Waals surface area contributed by atoms with Crippen LogP contribution in [0.2, 0.25) is 0 Å². The topological polar surface area (TPSA) is 44.7 Å². The highest BCUT2D eigenvalue weighted by atomic mass is 32.1. The van der Waals surface area contributed by atoms with Crippen molar-refractivity contribution in [3.05, 3.63) is 58.3 Å². The zero-order valence-electron chi connectivity index (χ0n) is 18.8. The molecule has 31 heavy (non-hydrogen) atoms. The van der Waals surface area contributed by atoms with Gasteiger partial charge in [-0.3, -0.25) is 0 Å². The van der Waals surface area contributed by atoms with Gasteiger partial charge >= 0.3 is 0 Å². The lowest BCUT2D eigenvalue weighted by Crippen LogP contribution is -2.20. The number of methoxy groups -OCH3 is 1. The Balaban J connectivity index is 0.000000179. The van der Waals surface area contributed by atoms with E-state index >= 15 is 0 Å². The summed E-state index contributed by atoms with van der Waals surface area (Å²) < 4.78 is 7.93. The molecule has 4 rings (SSSR count). The van der Waals surface area contributed by atoms with Crippen LogP contribution in [0.3, 0.4) is 0 Å². The summed E-state index contributed by atoms with van der Waals surface area (Å²) in [6.07, 6.45) is 2.05. The SMILES string of the molecule is CCN(C)CCc1csc2cccc(OC)c12.CNCCc1csc2cccc(O)c12. The van der Waals surface area contributed by atoms with E-state index in [1.165, 1.54) is 21.2 Å². The number of phenols is 1. The third kappa shape index (κ3) is 5.77. The summed E-state index contributed by atoms with van der Waals surface area (Å²) in [5, 5.41) is 19.5. The number of benzene rings is 2. The van der Waals surface area contributed by atoms with E-state index in [1.54, 1.807) is 35.8 Å².